The molecule has 0 spiro atoms. The van der Waals surface area contributed by atoms with Crippen LogP contribution in [0.3, 0.4) is 0 Å². The Hall–Kier alpha value is -0.940. The van der Waals surface area contributed by atoms with Crippen molar-refractivity contribution in [3.63, 3.8) is 0 Å². The summed E-state index contributed by atoms with van der Waals surface area (Å²) >= 11 is 5.71. The molecule has 1 aromatic carbocycles. The zero-order valence-electron chi connectivity index (χ0n) is 9.24. The highest BCUT2D eigenvalue weighted by molar-refractivity contribution is 7.90. The number of hydrogen-bond donors (Lipinski definition) is 0. The zero-order chi connectivity index (χ0) is 13.1. The molecular formula is C11H12ClFO3S. The molecule has 0 N–H and O–H groups in total. The third-order valence-electron chi connectivity index (χ3n) is 2.16. The highest BCUT2D eigenvalue weighted by Gasteiger charge is 2.15. The van der Waals surface area contributed by atoms with Gasteiger partial charge in [0.15, 0.2) is 5.78 Å². The van der Waals surface area contributed by atoms with Crippen LogP contribution in [0.5, 0.6) is 0 Å². The predicted octanol–water partition coefficient (Wildman–Crippen LogP) is 2.49. The minimum Gasteiger partial charge on any atom is -0.294 e. The number of rotatable bonds is 5. The van der Waals surface area contributed by atoms with E-state index < -0.39 is 21.4 Å². The second-order valence-corrected chi connectivity index (χ2v) is 6.42. The lowest BCUT2D eigenvalue weighted by molar-refractivity contribution is 0.0978. The predicted molar refractivity (Wildman–Crippen MR) is 64.7 cm³/mol. The molecule has 0 fully saturated rings. The van der Waals surface area contributed by atoms with Crippen molar-refractivity contribution < 1.29 is 17.6 Å². The average molecular weight is 279 g/mol. The van der Waals surface area contributed by atoms with Crippen LogP contribution in [0.4, 0.5) is 4.39 Å². The summed E-state index contributed by atoms with van der Waals surface area (Å²) in [6.07, 6.45) is 1.23. The highest BCUT2D eigenvalue weighted by atomic mass is 35.5. The minimum atomic E-state index is -3.10. The molecule has 0 aromatic heterocycles. The van der Waals surface area contributed by atoms with Crippen LogP contribution in [0.1, 0.15) is 23.2 Å². The Morgan fingerprint density at radius 1 is 1.41 bits per heavy atom. The van der Waals surface area contributed by atoms with E-state index in [4.69, 9.17) is 11.6 Å². The number of sulfone groups is 1. The molecule has 0 saturated heterocycles. The minimum absolute atomic E-state index is 0.0340. The summed E-state index contributed by atoms with van der Waals surface area (Å²) in [6.45, 7) is 0. The van der Waals surface area contributed by atoms with Crippen molar-refractivity contribution in [1.29, 1.82) is 0 Å². The van der Waals surface area contributed by atoms with Crippen molar-refractivity contribution >= 4 is 27.2 Å². The number of halogens is 2. The summed E-state index contributed by atoms with van der Waals surface area (Å²) in [5, 5.41) is 0.0503. The topological polar surface area (TPSA) is 51.2 Å². The fourth-order valence-electron chi connectivity index (χ4n) is 1.38. The molecule has 1 aromatic rings. The molecular weight excluding hydrogens is 267 g/mol. The van der Waals surface area contributed by atoms with Gasteiger partial charge in [-0.15, -0.1) is 0 Å². The molecule has 0 unspecified atom stereocenters. The van der Waals surface area contributed by atoms with Gasteiger partial charge >= 0.3 is 0 Å². The van der Waals surface area contributed by atoms with Gasteiger partial charge in [0, 0.05) is 12.7 Å². The third kappa shape index (κ3) is 4.44. The van der Waals surface area contributed by atoms with Gasteiger partial charge in [-0.2, -0.15) is 0 Å². The van der Waals surface area contributed by atoms with Gasteiger partial charge in [-0.3, -0.25) is 4.79 Å². The maximum atomic E-state index is 13.3. The standard InChI is InChI=1S/C11H12ClFO3S/c1-17(15,16)7-3-6-10(14)11-8(12)4-2-5-9(11)13/h2,4-5H,3,6-7H2,1H3. The summed E-state index contributed by atoms with van der Waals surface area (Å²) in [5.41, 5.74) is -0.164. The monoisotopic (exact) mass is 278 g/mol. The Kier molecular flexibility index (Phi) is 4.65. The molecule has 0 radical (unpaired) electrons. The van der Waals surface area contributed by atoms with Crippen molar-refractivity contribution in [2.24, 2.45) is 0 Å². The molecule has 0 aliphatic rings. The molecule has 0 bridgehead atoms. The van der Waals surface area contributed by atoms with E-state index in [1.807, 2.05) is 0 Å². The summed E-state index contributed by atoms with van der Waals surface area (Å²) in [6, 6.07) is 3.98. The van der Waals surface area contributed by atoms with E-state index in [9.17, 15) is 17.6 Å². The molecule has 0 amide bonds. The smallest absolute Gasteiger partial charge is 0.167 e. The van der Waals surface area contributed by atoms with Crippen molar-refractivity contribution in [2.75, 3.05) is 12.0 Å². The average Bonchev–Trinajstić information content (AvgIpc) is 2.15. The summed E-state index contributed by atoms with van der Waals surface area (Å²) in [5.74, 6) is -1.25. The van der Waals surface area contributed by atoms with Crippen LogP contribution < -0.4 is 0 Å². The number of benzene rings is 1. The first-order valence-corrected chi connectivity index (χ1v) is 7.40. The number of carbonyl (C=O) groups is 1. The van der Waals surface area contributed by atoms with Gasteiger partial charge in [0.25, 0.3) is 0 Å². The molecule has 0 aliphatic heterocycles. The number of ketones is 1. The van der Waals surface area contributed by atoms with E-state index in [-0.39, 0.29) is 29.2 Å². The fraction of sp³-hybridized carbons (Fsp3) is 0.364. The first kappa shape index (κ1) is 14.1. The lowest BCUT2D eigenvalue weighted by Crippen LogP contribution is -2.08. The van der Waals surface area contributed by atoms with Crippen LogP contribution >= 0.6 is 11.6 Å². The van der Waals surface area contributed by atoms with Gasteiger partial charge < -0.3 is 0 Å². The van der Waals surface area contributed by atoms with Crippen LogP contribution in [-0.4, -0.2) is 26.2 Å². The fourth-order valence-corrected chi connectivity index (χ4v) is 2.32. The SMILES string of the molecule is CS(=O)(=O)CCCC(=O)c1c(F)cccc1Cl. The zero-order valence-corrected chi connectivity index (χ0v) is 10.8. The molecule has 17 heavy (non-hydrogen) atoms. The van der Waals surface area contributed by atoms with E-state index in [1.54, 1.807) is 0 Å². The van der Waals surface area contributed by atoms with E-state index in [0.29, 0.717) is 0 Å². The second-order valence-electron chi connectivity index (χ2n) is 3.75. The van der Waals surface area contributed by atoms with E-state index in [1.165, 1.54) is 12.1 Å². The number of hydrogen-bond acceptors (Lipinski definition) is 3. The van der Waals surface area contributed by atoms with Gasteiger partial charge in [0.2, 0.25) is 0 Å². The van der Waals surface area contributed by atoms with Crippen molar-refractivity contribution in [1.82, 2.24) is 0 Å². The highest BCUT2D eigenvalue weighted by Crippen LogP contribution is 2.21. The second kappa shape index (κ2) is 5.60. The quantitative estimate of drug-likeness (QED) is 0.778. The first-order chi connectivity index (χ1) is 7.81. The molecule has 3 nitrogen and oxygen atoms in total. The third-order valence-corrected chi connectivity index (χ3v) is 3.51. The van der Waals surface area contributed by atoms with E-state index >= 15 is 0 Å². The van der Waals surface area contributed by atoms with Crippen LogP contribution in [-0.2, 0) is 9.84 Å². The number of carbonyl (C=O) groups excluding carboxylic acids is 1. The molecule has 0 aliphatic carbocycles. The molecule has 1 rings (SSSR count). The molecule has 0 heterocycles. The summed E-state index contributed by atoms with van der Waals surface area (Å²) in [7, 11) is -3.10. The Morgan fingerprint density at radius 3 is 2.59 bits per heavy atom. The van der Waals surface area contributed by atoms with E-state index in [0.717, 1.165) is 12.3 Å². The molecule has 94 valence electrons. The maximum absolute atomic E-state index is 13.3. The lowest BCUT2D eigenvalue weighted by atomic mass is 10.1. The van der Waals surface area contributed by atoms with Crippen molar-refractivity contribution in [3.05, 3.63) is 34.6 Å². The van der Waals surface area contributed by atoms with Gasteiger partial charge in [-0.05, 0) is 18.6 Å². The van der Waals surface area contributed by atoms with Crippen LogP contribution in [0.2, 0.25) is 5.02 Å². The van der Waals surface area contributed by atoms with Crippen LogP contribution in [0.25, 0.3) is 0 Å². The van der Waals surface area contributed by atoms with Crippen LogP contribution in [0, 0.1) is 5.82 Å². The Morgan fingerprint density at radius 2 is 2.06 bits per heavy atom. The lowest BCUT2D eigenvalue weighted by Gasteiger charge is -2.04. The van der Waals surface area contributed by atoms with Crippen molar-refractivity contribution in [3.8, 4) is 0 Å². The van der Waals surface area contributed by atoms with Crippen LogP contribution in [0.15, 0.2) is 18.2 Å². The van der Waals surface area contributed by atoms with Crippen molar-refractivity contribution in [2.45, 2.75) is 12.8 Å². The van der Waals surface area contributed by atoms with E-state index in [2.05, 4.69) is 0 Å². The molecule has 0 saturated carbocycles. The van der Waals surface area contributed by atoms with Gasteiger partial charge in [-0.25, -0.2) is 12.8 Å². The van der Waals surface area contributed by atoms with Gasteiger partial charge in [0.05, 0.1) is 16.3 Å². The summed E-state index contributed by atoms with van der Waals surface area (Å²) in [4.78, 5) is 11.7. The summed E-state index contributed by atoms with van der Waals surface area (Å²) < 4.78 is 35.1. The maximum Gasteiger partial charge on any atom is 0.167 e. The first-order valence-electron chi connectivity index (χ1n) is 4.96. The normalized spacial score (nSPS) is 11.5. The largest absolute Gasteiger partial charge is 0.294 e. The Bertz CT molecular complexity index is 505. The van der Waals surface area contributed by atoms with Gasteiger partial charge in [-0.1, -0.05) is 17.7 Å². The molecule has 0 atom stereocenters. The Labute approximate surface area is 105 Å². The number of Topliss-reactive ketones (excluding diaryl/α,β-unsaturated/α-hetero) is 1. The molecule has 6 heteroatoms. The van der Waals surface area contributed by atoms with Gasteiger partial charge in [0.1, 0.15) is 15.7 Å². The Balaban J connectivity index is 2.71.